The molecule has 2 N–H and O–H groups in total. The lowest BCUT2D eigenvalue weighted by Crippen LogP contribution is -2.54. The second-order valence-corrected chi connectivity index (χ2v) is 9.14. The van der Waals surface area contributed by atoms with Gasteiger partial charge in [-0.1, -0.05) is 43.3 Å². The smallest absolute Gasteiger partial charge is 0.207 e. The third-order valence-corrected chi connectivity index (χ3v) is 6.89. The first kappa shape index (κ1) is 20.9. The van der Waals surface area contributed by atoms with Gasteiger partial charge in [0.25, 0.3) is 0 Å². The van der Waals surface area contributed by atoms with Crippen LogP contribution >= 0.6 is 0 Å². The van der Waals surface area contributed by atoms with Crippen molar-refractivity contribution in [2.24, 2.45) is 10.9 Å². The van der Waals surface area contributed by atoms with Crippen LogP contribution in [0.4, 0.5) is 0 Å². The molecule has 0 radical (unpaired) electrons. The Morgan fingerprint density at radius 2 is 2.00 bits per heavy atom. The number of aryl methyl sites for hydroxylation is 1. The van der Waals surface area contributed by atoms with Crippen molar-refractivity contribution in [3.63, 3.8) is 0 Å². The van der Waals surface area contributed by atoms with Gasteiger partial charge in [-0.05, 0) is 24.6 Å². The minimum atomic E-state index is -0.334. The van der Waals surface area contributed by atoms with E-state index in [9.17, 15) is 4.79 Å². The summed E-state index contributed by atoms with van der Waals surface area (Å²) >= 11 is 0. The summed E-state index contributed by atoms with van der Waals surface area (Å²) in [5.41, 5.74) is 6.57. The van der Waals surface area contributed by atoms with Crippen molar-refractivity contribution in [1.82, 2.24) is 29.8 Å². The fraction of sp³-hybridized carbons (Fsp3) is 0.308. The first-order valence-electron chi connectivity index (χ1n) is 11.7. The number of aromatic amines is 1. The molecule has 8 heteroatoms. The lowest BCUT2D eigenvalue weighted by atomic mass is 9.95. The summed E-state index contributed by atoms with van der Waals surface area (Å²) in [5.74, 6) is 0.0305. The highest BCUT2D eigenvalue weighted by Gasteiger charge is 2.39. The Bertz CT molecular complexity index is 1390. The summed E-state index contributed by atoms with van der Waals surface area (Å²) in [5, 5.41) is 8.47. The molecule has 2 unspecified atom stereocenters. The number of hydrogen-bond acceptors (Lipinski definition) is 6. The normalized spacial score (nSPS) is 23.0. The Kier molecular flexibility index (Phi) is 5.12. The SMILES string of the molecule is Cc1cccn2nc([C@H]3c4nc[nH]c4CCN3C3N=C(C(=O)c4ccccc4)C(C)CN3)cc12. The van der Waals surface area contributed by atoms with Crippen LogP contribution in [-0.4, -0.2) is 55.4 Å². The van der Waals surface area contributed by atoms with Crippen LogP contribution in [0.5, 0.6) is 0 Å². The van der Waals surface area contributed by atoms with Crippen LogP contribution in [0.3, 0.4) is 0 Å². The Morgan fingerprint density at radius 1 is 1.15 bits per heavy atom. The van der Waals surface area contributed by atoms with Crippen molar-refractivity contribution < 1.29 is 4.79 Å². The van der Waals surface area contributed by atoms with Crippen LogP contribution in [0.25, 0.3) is 5.52 Å². The number of ketones is 1. The van der Waals surface area contributed by atoms with Gasteiger partial charge in [-0.3, -0.25) is 20.0 Å². The highest BCUT2D eigenvalue weighted by atomic mass is 16.1. The predicted octanol–water partition coefficient (Wildman–Crippen LogP) is 3.16. The number of imidazole rings is 1. The first-order valence-corrected chi connectivity index (χ1v) is 11.7. The van der Waals surface area contributed by atoms with Gasteiger partial charge in [-0.25, -0.2) is 9.50 Å². The molecule has 172 valence electrons. The fourth-order valence-corrected chi connectivity index (χ4v) is 5.07. The minimum absolute atomic E-state index is 0.00280. The highest BCUT2D eigenvalue weighted by molar-refractivity contribution is 6.46. The molecule has 0 spiro atoms. The molecule has 8 nitrogen and oxygen atoms in total. The first-order chi connectivity index (χ1) is 16.6. The number of aromatic nitrogens is 4. The van der Waals surface area contributed by atoms with Gasteiger partial charge in [0, 0.05) is 42.9 Å². The van der Waals surface area contributed by atoms with Gasteiger partial charge in [0.05, 0.1) is 28.9 Å². The number of aliphatic imine (C=N–C) groups is 1. The molecule has 2 aliphatic rings. The van der Waals surface area contributed by atoms with Crippen LogP contribution in [-0.2, 0) is 6.42 Å². The van der Waals surface area contributed by atoms with E-state index < -0.39 is 0 Å². The largest absolute Gasteiger partial charge is 0.348 e. The second kappa shape index (κ2) is 8.30. The van der Waals surface area contributed by atoms with Gasteiger partial charge in [-0.15, -0.1) is 0 Å². The van der Waals surface area contributed by atoms with Crippen molar-refractivity contribution in [3.05, 3.63) is 89.3 Å². The lowest BCUT2D eigenvalue weighted by Gasteiger charge is -2.40. The number of benzene rings is 1. The molecule has 5 heterocycles. The molecule has 0 saturated heterocycles. The highest BCUT2D eigenvalue weighted by Crippen LogP contribution is 2.35. The van der Waals surface area contributed by atoms with E-state index in [0.717, 1.165) is 35.6 Å². The van der Waals surface area contributed by atoms with Gasteiger partial charge in [0.1, 0.15) is 6.04 Å². The van der Waals surface area contributed by atoms with Gasteiger partial charge in [0.15, 0.2) is 6.29 Å². The van der Waals surface area contributed by atoms with Gasteiger partial charge < -0.3 is 4.98 Å². The summed E-state index contributed by atoms with van der Waals surface area (Å²) in [6.45, 7) is 5.60. The lowest BCUT2D eigenvalue weighted by molar-refractivity contribution is 0.101. The molecule has 6 rings (SSSR count). The summed E-state index contributed by atoms with van der Waals surface area (Å²) in [6, 6.07) is 15.5. The molecule has 3 aromatic heterocycles. The average molecular weight is 454 g/mol. The Balaban J connectivity index is 1.41. The number of carbonyl (C=O) groups excluding carboxylic acids is 1. The molecule has 0 amide bonds. The van der Waals surface area contributed by atoms with Crippen LogP contribution in [0, 0.1) is 12.8 Å². The van der Waals surface area contributed by atoms with Gasteiger partial charge in [-0.2, -0.15) is 5.10 Å². The van der Waals surface area contributed by atoms with Gasteiger partial charge in [0.2, 0.25) is 5.78 Å². The van der Waals surface area contributed by atoms with E-state index in [4.69, 9.17) is 10.1 Å². The van der Waals surface area contributed by atoms with Crippen molar-refractivity contribution >= 4 is 17.0 Å². The molecule has 34 heavy (non-hydrogen) atoms. The van der Waals surface area contributed by atoms with E-state index in [1.807, 2.05) is 54.0 Å². The maximum absolute atomic E-state index is 13.3. The quantitative estimate of drug-likeness (QED) is 0.463. The Hall–Kier alpha value is -3.62. The summed E-state index contributed by atoms with van der Waals surface area (Å²) in [4.78, 5) is 28.5. The predicted molar refractivity (Wildman–Crippen MR) is 130 cm³/mol. The molecule has 0 aliphatic carbocycles. The maximum Gasteiger partial charge on any atom is 0.207 e. The standard InChI is InChI=1S/C26H27N7O/c1-16-7-6-11-33-21(16)13-20(31-33)24-23-19(28-15-29-23)10-12-32(24)26-27-14-17(2)22(30-26)25(34)18-8-4-3-5-9-18/h3-9,11,13,15,17,24,26-27H,10,12,14H2,1-2H3,(H,28,29)/t17?,24-,26?/m0/s1. The molecule has 0 bridgehead atoms. The van der Waals surface area contributed by atoms with E-state index in [0.29, 0.717) is 17.8 Å². The average Bonchev–Trinajstić information content (AvgIpc) is 3.52. The number of pyridine rings is 1. The molecule has 1 aromatic carbocycles. The number of nitrogens with one attached hydrogen (secondary N) is 2. The molecule has 0 saturated carbocycles. The zero-order chi connectivity index (χ0) is 23.2. The van der Waals surface area contributed by atoms with E-state index in [2.05, 4.69) is 39.2 Å². The summed E-state index contributed by atoms with van der Waals surface area (Å²) < 4.78 is 1.92. The van der Waals surface area contributed by atoms with Crippen LogP contribution < -0.4 is 5.32 Å². The number of carbonyl (C=O) groups is 1. The number of H-pyrrole nitrogens is 1. The zero-order valence-corrected chi connectivity index (χ0v) is 19.3. The van der Waals surface area contributed by atoms with E-state index in [-0.39, 0.29) is 24.0 Å². The van der Waals surface area contributed by atoms with Crippen molar-refractivity contribution in [2.45, 2.75) is 32.6 Å². The molecule has 3 atom stereocenters. The van der Waals surface area contributed by atoms with Crippen LogP contribution in [0.15, 0.2) is 66.0 Å². The zero-order valence-electron chi connectivity index (χ0n) is 19.3. The molecular formula is C26H27N7O. The number of nitrogens with zero attached hydrogens (tertiary/aromatic N) is 5. The number of fused-ring (bicyclic) bond motifs is 2. The van der Waals surface area contributed by atoms with E-state index >= 15 is 0 Å². The van der Waals surface area contributed by atoms with Crippen molar-refractivity contribution in [3.8, 4) is 0 Å². The fourth-order valence-electron chi connectivity index (χ4n) is 5.07. The molecule has 4 aromatic rings. The van der Waals surface area contributed by atoms with E-state index in [1.165, 1.54) is 5.56 Å². The Morgan fingerprint density at radius 3 is 2.82 bits per heavy atom. The van der Waals surface area contributed by atoms with Crippen LogP contribution in [0.1, 0.15) is 46.0 Å². The van der Waals surface area contributed by atoms with Gasteiger partial charge >= 0.3 is 0 Å². The van der Waals surface area contributed by atoms with Crippen LogP contribution in [0.2, 0.25) is 0 Å². The third-order valence-electron chi connectivity index (χ3n) is 6.89. The van der Waals surface area contributed by atoms with Crippen molar-refractivity contribution in [1.29, 1.82) is 0 Å². The minimum Gasteiger partial charge on any atom is -0.348 e. The Labute approximate surface area is 197 Å². The molecule has 0 fully saturated rings. The van der Waals surface area contributed by atoms with Crippen molar-refractivity contribution in [2.75, 3.05) is 13.1 Å². The number of hydrogen-bond donors (Lipinski definition) is 2. The second-order valence-electron chi connectivity index (χ2n) is 9.14. The molecule has 2 aliphatic heterocycles. The summed E-state index contributed by atoms with van der Waals surface area (Å²) in [6.07, 6.45) is 4.23. The maximum atomic E-state index is 13.3. The molecular weight excluding hydrogens is 426 g/mol. The summed E-state index contributed by atoms with van der Waals surface area (Å²) in [7, 11) is 0. The monoisotopic (exact) mass is 453 g/mol. The van der Waals surface area contributed by atoms with E-state index in [1.54, 1.807) is 6.33 Å². The topological polar surface area (TPSA) is 90.7 Å². The number of Topliss-reactive ketones (excluding diaryl/α,β-unsaturated/α-hetero) is 1. The third kappa shape index (κ3) is 3.46. The number of rotatable bonds is 4.